The number of morpholine rings is 1. The Labute approximate surface area is 212 Å². The number of benzene rings is 2. The van der Waals surface area contributed by atoms with Crippen molar-refractivity contribution < 1.29 is 22.7 Å². The zero-order valence-corrected chi connectivity index (χ0v) is 20.8. The number of hydrogen-bond acceptors (Lipinski definition) is 5. The molecule has 3 heterocycles. The molecule has 9 heteroatoms. The Morgan fingerprint density at radius 1 is 1.03 bits per heavy atom. The van der Waals surface area contributed by atoms with Crippen molar-refractivity contribution in [2.24, 2.45) is 7.05 Å². The number of alkyl halides is 3. The molecule has 2 aromatic heterocycles. The predicted molar refractivity (Wildman–Crippen MR) is 136 cm³/mol. The molecule has 37 heavy (non-hydrogen) atoms. The third kappa shape index (κ3) is 5.22. The smallest absolute Gasteiger partial charge is 0.372 e. The van der Waals surface area contributed by atoms with Gasteiger partial charge in [0.15, 0.2) is 17.4 Å². The second-order valence-corrected chi connectivity index (χ2v) is 9.57. The van der Waals surface area contributed by atoms with Gasteiger partial charge in [-0.05, 0) is 43.7 Å². The minimum atomic E-state index is -4.50. The number of halogens is 3. The standard InChI is InChI=1S/C28H27F3N4O2/c1-17-15-35(16-18(2)37-17)27-25-23(10-11-34(25)3)32-26(33-27)21-8-4-6-19(12-21)13-24(36)20-7-5-9-22(14-20)28(29,30)31/h4-12,14,17-18H,13,15-16H2,1-3H3. The lowest BCUT2D eigenvalue weighted by Crippen LogP contribution is -2.46. The first kappa shape index (κ1) is 25.0. The number of carbonyl (C=O) groups is 1. The Morgan fingerprint density at radius 2 is 1.76 bits per heavy atom. The topological polar surface area (TPSA) is 60.2 Å². The van der Waals surface area contributed by atoms with E-state index < -0.39 is 11.7 Å². The lowest BCUT2D eigenvalue weighted by molar-refractivity contribution is -0.137. The van der Waals surface area contributed by atoms with Gasteiger partial charge in [-0.1, -0.05) is 30.3 Å². The maximum Gasteiger partial charge on any atom is 0.416 e. The highest BCUT2D eigenvalue weighted by Gasteiger charge is 2.31. The monoisotopic (exact) mass is 508 g/mol. The van der Waals surface area contributed by atoms with E-state index in [1.165, 1.54) is 12.1 Å². The van der Waals surface area contributed by atoms with E-state index in [1.807, 2.05) is 49.9 Å². The van der Waals surface area contributed by atoms with Gasteiger partial charge in [-0.2, -0.15) is 13.2 Å². The van der Waals surface area contributed by atoms with Crippen molar-refractivity contribution in [1.29, 1.82) is 0 Å². The lowest BCUT2D eigenvalue weighted by Gasteiger charge is -2.36. The third-order valence-corrected chi connectivity index (χ3v) is 6.48. The second kappa shape index (κ2) is 9.63. The summed E-state index contributed by atoms with van der Waals surface area (Å²) in [6.45, 7) is 5.48. The van der Waals surface area contributed by atoms with Crippen LogP contribution in [0.1, 0.15) is 35.3 Å². The molecule has 1 saturated heterocycles. The van der Waals surface area contributed by atoms with Crippen molar-refractivity contribution in [3.8, 4) is 11.4 Å². The molecule has 1 fully saturated rings. The first-order chi connectivity index (χ1) is 17.6. The van der Waals surface area contributed by atoms with Gasteiger partial charge in [0.1, 0.15) is 5.52 Å². The molecule has 1 aliphatic heterocycles. The maximum atomic E-state index is 13.1. The Kier molecular flexibility index (Phi) is 6.49. The van der Waals surface area contributed by atoms with Gasteiger partial charge in [-0.25, -0.2) is 9.97 Å². The van der Waals surface area contributed by atoms with E-state index in [4.69, 9.17) is 14.7 Å². The molecule has 4 aromatic rings. The van der Waals surface area contributed by atoms with Gasteiger partial charge in [0, 0.05) is 43.9 Å². The van der Waals surface area contributed by atoms with Crippen LogP contribution in [0, 0.1) is 0 Å². The van der Waals surface area contributed by atoms with Crippen LogP contribution in [-0.2, 0) is 24.4 Å². The Balaban J connectivity index is 1.47. The fraction of sp³-hybridized carbons (Fsp3) is 0.321. The normalized spacial score (nSPS) is 18.4. The highest BCUT2D eigenvalue weighted by atomic mass is 19.4. The van der Waals surface area contributed by atoms with Crippen LogP contribution in [0.2, 0.25) is 0 Å². The minimum absolute atomic E-state index is 0.0278. The van der Waals surface area contributed by atoms with Crippen LogP contribution in [0.3, 0.4) is 0 Å². The minimum Gasteiger partial charge on any atom is -0.372 e. The van der Waals surface area contributed by atoms with E-state index >= 15 is 0 Å². The number of ketones is 1. The van der Waals surface area contributed by atoms with Crippen LogP contribution < -0.4 is 4.90 Å². The molecule has 0 radical (unpaired) electrons. The molecule has 0 N–H and O–H groups in total. The molecule has 0 bridgehead atoms. The highest BCUT2D eigenvalue weighted by molar-refractivity contribution is 5.98. The van der Waals surface area contributed by atoms with Gasteiger partial charge >= 0.3 is 6.18 Å². The molecular formula is C28H27F3N4O2. The largest absolute Gasteiger partial charge is 0.416 e. The van der Waals surface area contributed by atoms with Crippen LogP contribution in [-0.4, -0.2) is 45.6 Å². The lowest BCUT2D eigenvalue weighted by atomic mass is 9.99. The number of aromatic nitrogens is 3. The SMILES string of the molecule is CC1CN(c2nc(-c3cccc(CC(=O)c4cccc(C(F)(F)F)c4)c3)nc3ccn(C)c23)CC(C)O1. The summed E-state index contributed by atoms with van der Waals surface area (Å²) < 4.78 is 47.2. The summed E-state index contributed by atoms with van der Waals surface area (Å²) in [4.78, 5) is 24.8. The van der Waals surface area contributed by atoms with Crippen molar-refractivity contribution in [2.75, 3.05) is 18.0 Å². The molecule has 0 saturated carbocycles. The number of carbonyl (C=O) groups excluding carboxylic acids is 1. The van der Waals surface area contributed by atoms with Gasteiger partial charge in [-0.15, -0.1) is 0 Å². The Hall–Kier alpha value is -3.72. The van der Waals surface area contributed by atoms with E-state index in [0.29, 0.717) is 24.5 Å². The Morgan fingerprint density at radius 3 is 2.49 bits per heavy atom. The summed E-state index contributed by atoms with van der Waals surface area (Å²) in [5, 5.41) is 0. The third-order valence-electron chi connectivity index (χ3n) is 6.48. The highest BCUT2D eigenvalue weighted by Crippen LogP contribution is 2.31. The number of Topliss-reactive ketones (excluding diaryl/α,β-unsaturated/α-hetero) is 1. The van der Waals surface area contributed by atoms with E-state index in [9.17, 15) is 18.0 Å². The van der Waals surface area contributed by atoms with Gasteiger partial charge in [0.05, 0.1) is 23.3 Å². The van der Waals surface area contributed by atoms with Crippen molar-refractivity contribution in [3.63, 3.8) is 0 Å². The summed E-state index contributed by atoms with van der Waals surface area (Å²) in [7, 11) is 1.96. The van der Waals surface area contributed by atoms with Crippen molar-refractivity contribution in [1.82, 2.24) is 14.5 Å². The zero-order chi connectivity index (χ0) is 26.3. The molecule has 1 aliphatic rings. The van der Waals surface area contributed by atoms with Crippen molar-refractivity contribution in [2.45, 2.75) is 38.7 Å². The molecule has 2 atom stereocenters. The average Bonchev–Trinajstić information content (AvgIpc) is 3.23. The fourth-order valence-electron chi connectivity index (χ4n) is 4.85. The van der Waals surface area contributed by atoms with E-state index in [2.05, 4.69) is 4.90 Å². The quantitative estimate of drug-likeness (QED) is 0.324. The maximum absolute atomic E-state index is 13.1. The van der Waals surface area contributed by atoms with Crippen LogP contribution in [0.4, 0.5) is 19.0 Å². The van der Waals surface area contributed by atoms with Crippen LogP contribution >= 0.6 is 0 Å². The molecular weight excluding hydrogens is 481 g/mol. The van der Waals surface area contributed by atoms with Crippen LogP contribution in [0.15, 0.2) is 60.8 Å². The first-order valence-electron chi connectivity index (χ1n) is 12.1. The van der Waals surface area contributed by atoms with Gasteiger partial charge in [-0.3, -0.25) is 4.79 Å². The summed E-state index contributed by atoms with van der Waals surface area (Å²) in [6, 6.07) is 13.7. The number of nitrogens with zero attached hydrogens (tertiary/aromatic N) is 4. The Bertz CT molecular complexity index is 1450. The molecule has 6 nitrogen and oxygen atoms in total. The molecule has 2 unspecified atom stereocenters. The summed E-state index contributed by atoms with van der Waals surface area (Å²) in [5.41, 5.74) is 2.33. The van der Waals surface area contributed by atoms with Crippen molar-refractivity contribution in [3.05, 3.63) is 77.5 Å². The predicted octanol–water partition coefficient (Wildman–Crippen LogP) is 5.69. The van der Waals surface area contributed by atoms with Crippen LogP contribution in [0.5, 0.6) is 0 Å². The van der Waals surface area contributed by atoms with Gasteiger partial charge in [0.25, 0.3) is 0 Å². The number of fused-ring (bicyclic) bond motifs is 1. The fourth-order valence-corrected chi connectivity index (χ4v) is 4.85. The first-order valence-corrected chi connectivity index (χ1v) is 12.1. The van der Waals surface area contributed by atoms with Gasteiger partial charge in [0.2, 0.25) is 0 Å². The van der Waals surface area contributed by atoms with Gasteiger partial charge < -0.3 is 14.2 Å². The molecule has 0 spiro atoms. The molecule has 2 aromatic carbocycles. The average molecular weight is 509 g/mol. The molecule has 192 valence electrons. The van der Waals surface area contributed by atoms with Crippen LogP contribution in [0.25, 0.3) is 22.4 Å². The number of rotatable bonds is 5. The molecule has 0 amide bonds. The zero-order valence-electron chi connectivity index (χ0n) is 20.8. The summed E-state index contributed by atoms with van der Waals surface area (Å²) in [5.74, 6) is 0.952. The number of anilines is 1. The van der Waals surface area contributed by atoms with E-state index in [-0.39, 0.29) is 30.0 Å². The second-order valence-electron chi connectivity index (χ2n) is 9.57. The number of aryl methyl sites for hydroxylation is 1. The summed E-state index contributed by atoms with van der Waals surface area (Å²) >= 11 is 0. The van der Waals surface area contributed by atoms with Crippen molar-refractivity contribution >= 4 is 22.6 Å². The molecule has 0 aliphatic carbocycles. The van der Waals surface area contributed by atoms with E-state index in [0.717, 1.165) is 34.5 Å². The molecule has 5 rings (SSSR count). The number of hydrogen-bond donors (Lipinski definition) is 0. The van der Waals surface area contributed by atoms with E-state index in [1.54, 1.807) is 12.1 Å². The number of ether oxygens (including phenoxy) is 1. The summed E-state index contributed by atoms with van der Waals surface area (Å²) in [6.07, 6.45) is -2.47.